The third-order valence-corrected chi connectivity index (χ3v) is 5.66. The molecule has 2 aliphatic rings. The van der Waals surface area contributed by atoms with Crippen LogP contribution in [0.4, 0.5) is 0 Å². The molecule has 4 rings (SSSR count). The van der Waals surface area contributed by atoms with Gasteiger partial charge in [-0.1, -0.05) is 48.5 Å². The summed E-state index contributed by atoms with van der Waals surface area (Å²) in [6.45, 7) is 0.528. The number of rotatable bonds is 3. The Morgan fingerprint density at radius 2 is 1.67 bits per heavy atom. The van der Waals surface area contributed by atoms with Crippen molar-refractivity contribution >= 4 is 11.8 Å². The molecule has 2 amide bonds. The van der Waals surface area contributed by atoms with E-state index in [0.29, 0.717) is 13.0 Å². The number of likely N-dealkylation sites (tertiary alicyclic amines) is 1. The lowest BCUT2D eigenvalue weighted by molar-refractivity contribution is -0.145. The second-order valence-electron chi connectivity index (χ2n) is 7.35. The molecule has 1 unspecified atom stereocenters. The first kappa shape index (κ1) is 17.7. The van der Waals surface area contributed by atoms with E-state index in [0.717, 1.165) is 35.1 Å². The average Bonchev–Trinajstić information content (AvgIpc) is 2.94. The van der Waals surface area contributed by atoms with E-state index in [9.17, 15) is 14.7 Å². The van der Waals surface area contributed by atoms with Crippen molar-refractivity contribution in [2.45, 2.75) is 31.4 Å². The topological polar surface area (TPSA) is 60.9 Å². The van der Waals surface area contributed by atoms with Crippen molar-refractivity contribution < 1.29 is 14.7 Å². The van der Waals surface area contributed by atoms with Crippen LogP contribution in [0.25, 0.3) is 11.1 Å². The summed E-state index contributed by atoms with van der Waals surface area (Å²) in [6.07, 6.45) is 1.10. The number of carbonyl (C=O) groups is 2. The van der Waals surface area contributed by atoms with Crippen molar-refractivity contribution in [1.82, 2.24) is 9.80 Å². The molecule has 1 N–H and O–H groups in total. The lowest BCUT2D eigenvalue weighted by Gasteiger charge is -2.30. The quantitative estimate of drug-likeness (QED) is 0.911. The fourth-order valence-corrected chi connectivity index (χ4v) is 4.21. The molecule has 0 bridgehead atoms. The van der Waals surface area contributed by atoms with E-state index in [2.05, 4.69) is 24.3 Å². The summed E-state index contributed by atoms with van der Waals surface area (Å²) in [7, 11) is 1.80. The second kappa shape index (κ2) is 7.16. The molecule has 2 aromatic carbocycles. The molecule has 140 valence electrons. The maximum Gasteiger partial charge on any atom is 0.251 e. The first-order valence-electron chi connectivity index (χ1n) is 9.48. The standard InChI is InChI=1S/C22H24N2O3/c1-23(20(26)14-24-13-7-6-12-19(25)22(24)27)21-17-10-4-2-8-15(17)16-9-3-5-11-18(16)21/h2-5,8-11,19,21,25H,6-7,12-14H2,1H3. The average molecular weight is 364 g/mol. The molecule has 0 radical (unpaired) electrons. The minimum atomic E-state index is -0.987. The van der Waals surface area contributed by atoms with Gasteiger partial charge in [-0.15, -0.1) is 0 Å². The molecular formula is C22H24N2O3. The molecule has 1 saturated heterocycles. The van der Waals surface area contributed by atoms with Crippen LogP contribution in [0.3, 0.4) is 0 Å². The van der Waals surface area contributed by atoms with Crippen LogP contribution in [0.15, 0.2) is 48.5 Å². The molecule has 0 spiro atoms. The van der Waals surface area contributed by atoms with Crippen LogP contribution in [0, 0.1) is 0 Å². The lowest BCUT2D eigenvalue weighted by atomic mass is 10.0. The van der Waals surface area contributed by atoms with Gasteiger partial charge in [0.25, 0.3) is 5.91 Å². The number of nitrogens with zero attached hydrogens (tertiary/aromatic N) is 2. The smallest absolute Gasteiger partial charge is 0.251 e. The highest BCUT2D eigenvalue weighted by atomic mass is 16.3. The molecule has 1 atom stereocenters. The van der Waals surface area contributed by atoms with Gasteiger partial charge in [-0.3, -0.25) is 9.59 Å². The third kappa shape index (κ3) is 3.12. The van der Waals surface area contributed by atoms with E-state index in [1.54, 1.807) is 11.9 Å². The van der Waals surface area contributed by atoms with E-state index < -0.39 is 6.10 Å². The Morgan fingerprint density at radius 1 is 1.07 bits per heavy atom. The molecule has 0 aromatic heterocycles. The van der Waals surface area contributed by atoms with Gasteiger partial charge < -0.3 is 14.9 Å². The van der Waals surface area contributed by atoms with Gasteiger partial charge in [-0.25, -0.2) is 0 Å². The monoisotopic (exact) mass is 364 g/mol. The predicted octanol–water partition coefficient (Wildman–Crippen LogP) is 2.59. The fraction of sp³-hybridized carbons (Fsp3) is 0.364. The van der Waals surface area contributed by atoms with E-state index in [4.69, 9.17) is 0 Å². The fourth-order valence-electron chi connectivity index (χ4n) is 4.21. The molecule has 27 heavy (non-hydrogen) atoms. The minimum absolute atomic E-state index is 0.00717. The van der Waals surface area contributed by atoms with E-state index in [1.807, 2.05) is 24.3 Å². The van der Waals surface area contributed by atoms with E-state index in [-0.39, 0.29) is 24.4 Å². The van der Waals surface area contributed by atoms with Crippen LogP contribution in [-0.2, 0) is 9.59 Å². The Kier molecular flexibility index (Phi) is 4.70. The zero-order valence-electron chi connectivity index (χ0n) is 15.5. The van der Waals surface area contributed by atoms with Crippen LogP contribution >= 0.6 is 0 Å². The maximum atomic E-state index is 13.0. The molecular weight excluding hydrogens is 340 g/mol. The van der Waals surface area contributed by atoms with Gasteiger partial charge in [0, 0.05) is 13.6 Å². The Hall–Kier alpha value is -2.66. The zero-order chi connectivity index (χ0) is 19.0. The Morgan fingerprint density at radius 3 is 2.30 bits per heavy atom. The van der Waals surface area contributed by atoms with Crippen LogP contribution < -0.4 is 0 Å². The number of hydrogen-bond donors (Lipinski definition) is 1. The number of aliphatic hydroxyl groups is 1. The van der Waals surface area contributed by atoms with Gasteiger partial charge in [-0.05, 0) is 41.5 Å². The normalized spacial score (nSPS) is 19.4. The SMILES string of the molecule is CN(C(=O)CN1CCCCC(O)C1=O)C1c2ccccc2-c2ccccc21. The molecule has 2 aromatic rings. The number of benzene rings is 2. The molecule has 5 nitrogen and oxygen atoms in total. The Balaban J connectivity index is 1.60. The van der Waals surface area contributed by atoms with Crippen molar-refractivity contribution in [3.63, 3.8) is 0 Å². The number of amides is 2. The summed E-state index contributed by atoms with van der Waals surface area (Å²) in [5, 5.41) is 9.94. The van der Waals surface area contributed by atoms with E-state index >= 15 is 0 Å². The van der Waals surface area contributed by atoms with Crippen molar-refractivity contribution in [1.29, 1.82) is 0 Å². The van der Waals surface area contributed by atoms with Crippen LogP contribution in [0.1, 0.15) is 36.4 Å². The van der Waals surface area contributed by atoms with Crippen molar-refractivity contribution in [3.8, 4) is 11.1 Å². The molecule has 0 saturated carbocycles. The van der Waals surface area contributed by atoms with Crippen LogP contribution in [0.5, 0.6) is 0 Å². The van der Waals surface area contributed by atoms with Crippen LogP contribution in [0.2, 0.25) is 0 Å². The highest BCUT2D eigenvalue weighted by Gasteiger charge is 2.34. The number of aliphatic hydroxyl groups excluding tert-OH is 1. The first-order chi connectivity index (χ1) is 13.1. The summed E-state index contributed by atoms with van der Waals surface area (Å²) in [4.78, 5) is 28.6. The minimum Gasteiger partial charge on any atom is -0.383 e. The summed E-state index contributed by atoms with van der Waals surface area (Å²) in [6, 6.07) is 16.1. The number of likely N-dealkylation sites (N-methyl/N-ethyl adjacent to an activating group) is 1. The van der Waals surface area contributed by atoms with Gasteiger partial charge in [0.15, 0.2) is 0 Å². The summed E-state index contributed by atoms with van der Waals surface area (Å²) < 4.78 is 0. The van der Waals surface area contributed by atoms with Gasteiger partial charge >= 0.3 is 0 Å². The maximum absolute atomic E-state index is 13.0. The zero-order valence-corrected chi connectivity index (χ0v) is 15.5. The summed E-state index contributed by atoms with van der Waals surface area (Å²) >= 11 is 0. The third-order valence-electron chi connectivity index (χ3n) is 5.66. The molecule has 1 fully saturated rings. The van der Waals surface area contributed by atoms with Gasteiger partial charge in [0.05, 0.1) is 12.6 Å². The number of hydrogen-bond acceptors (Lipinski definition) is 3. The number of carbonyl (C=O) groups excluding carboxylic acids is 2. The highest BCUT2D eigenvalue weighted by molar-refractivity contribution is 5.88. The summed E-state index contributed by atoms with van der Waals surface area (Å²) in [5.74, 6) is -0.449. The second-order valence-corrected chi connectivity index (χ2v) is 7.35. The Labute approximate surface area is 159 Å². The highest BCUT2D eigenvalue weighted by Crippen LogP contribution is 2.45. The van der Waals surface area contributed by atoms with Gasteiger partial charge in [-0.2, -0.15) is 0 Å². The first-order valence-corrected chi connectivity index (χ1v) is 9.48. The molecule has 1 aliphatic heterocycles. The molecule has 5 heteroatoms. The summed E-state index contributed by atoms with van der Waals surface area (Å²) in [5.41, 5.74) is 4.52. The van der Waals surface area contributed by atoms with Gasteiger partial charge in [0.1, 0.15) is 6.10 Å². The van der Waals surface area contributed by atoms with Gasteiger partial charge in [0.2, 0.25) is 5.91 Å². The largest absolute Gasteiger partial charge is 0.383 e. The predicted molar refractivity (Wildman–Crippen MR) is 103 cm³/mol. The molecule has 1 heterocycles. The Bertz CT molecular complexity index is 834. The van der Waals surface area contributed by atoms with Crippen molar-refractivity contribution in [3.05, 3.63) is 59.7 Å². The van der Waals surface area contributed by atoms with Crippen molar-refractivity contribution in [2.24, 2.45) is 0 Å². The van der Waals surface area contributed by atoms with Crippen molar-refractivity contribution in [2.75, 3.05) is 20.1 Å². The van der Waals surface area contributed by atoms with Crippen LogP contribution in [-0.4, -0.2) is 53.0 Å². The number of fused-ring (bicyclic) bond motifs is 3. The lowest BCUT2D eigenvalue weighted by Crippen LogP contribution is -2.45. The molecule has 1 aliphatic carbocycles. The van der Waals surface area contributed by atoms with E-state index in [1.165, 1.54) is 4.90 Å².